The lowest BCUT2D eigenvalue weighted by Gasteiger charge is -2.20. The van der Waals surface area contributed by atoms with Crippen molar-refractivity contribution in [1.29, 1.82) is 0 Å². The van der Waals surface area contributed by atoms with E-state index in [4.69, 9.17) is 23.2 Å². The van der Waals surface area contributed by atoms with Gasteiger partial charge in [0.05, 0.1) is 6.04 Å². The number of rotatable bonds is 4. The molecule has 0 heterocycles. The number of anilines is 1. The second-order valence-electron chi connectivity index (χ2n) is 4.79. The monoisotopic (exact) mass is 311 g/mol. The first kappa shape index (κ1) is 15.1. The Labute approximate surface area is 128 Å². The summed E-state index contributed by atoms with van der Waals surface area (Å²) in [5.74, 6) is -0.246. The predicted octanol–water partition coefficient (Wildman–Crippen LogP) is 6.00. The van der Waals surface area contributed by atoms with E-state index in [0.29, 0.717) is 10.0 Å². The fourth-order valence-corrected chi connectivity index (χ4v) is 2.74. The number of hydrogen-bond acceptors (Lipinski definition) is 1. The van der Waals surface area contributed by atoms with E-state index in [1.165, 1.54) is 12.1 Å². The van der Waals surface area contributed by atoms with Crippen LogP contribution in [0.4, 0.5) is 10.1 Å². The molecule has 20 heavy (non-hydrogen) atoms. The molecule has 0 fully saturated rings. The average Bonchev–Trinajstić information content (AvgIpc) is 2.35. The van der Waals surface area contributed by atoms with E-state index in [1.807, 2.05) is 25.1 Å². The summed E-state index contributed by atoms with van der Waals surface area (Å²) >= 11 is 12.1. The fraction of sp³-hybridized carbons (Fsp3) is 0.250. The van der Waals surface area contributed by atoms with Crippen LogP contribution in [0.2, 0.25) is 10.0 Å². The third-order valence-electron chi connectivity index (χ3n) is 3.13. The molecule has 1 nitrogen and oxygen atoms in total. The zero-order valence-electron chi connectivity index (χ0n) is 11.4. The number of benzene rings is 2. The first-order valence-electron chi connectivity index (χ1n) is 6.48. The van der Waals surface area contributed by atoms with E-state index in [-0.39, 0.29) is 11.9 Å². The summed E-state index contributed by atoms with van der Waals surface area (Å²) in [6.45, 7) is 3.92. The third kappa shape index (κ3) is 3.65. The molecule has 0 radical (unpaired) electrons. The van der Waals surface area contributed by atoms with Crippen molar-refractivity contribution in [3.8, 4) is 0 Å². The molecule has 4 heteroatoms. The molecule has 0 aliphatic carbocycles. The zero-order valence-corrected chi connectivity index (χ0v) is 12.9. The van der Waals surface area contributed by atoms with Gasteiger partial charge in [-0.15, -0.1) is 0 Å². The molecular formula is C16H16Cl2FN. The second-order valence-corrected chi connectivity index (χ2v) is 5.63. The Balaban J connectivity index is 2.28. The Hall–Kier alpha value is -1.25. The van der Waals surface area contributed by atoms with Crippen LogP contribution in [0, 0.1) is 12.7 Å². The summed E-state index contributed by atoms with van der Waals surface area (Å²) in [6, 6.07) is 10.3. The summed E-state index contributed by atoms with van der Waals surface area (Å²) < 4.78 is 13.4. The molecule has 0 amide bonds. The van der Waals surface area contributed by atoms with Crippen LogP contribution in [0.1, 0.15) is 30.5 Å². The highest BCUT2D eigenvalue weighted by molar-refractivity contribution is 6.35. The van der Waals surface area contributed by atoms with Gasteiger partial charge in [0.25, 0.3) is 0 Å². The van der Waals surface area contributed by atoms with Crippen molar-refractivity contribution in [2.75, 3.05) is 5.32 Å². The molecule has 1 N–H and O–H groups in total. The molecule has 0 bridgehead atoms. The summed E-state index contributed by atoms with van der Waals surface area (Å²) in [4.78, 5) is 0. The van der Waals surface area contributed by atoms with Crippen molar-refractivity contribution in [3.63, 3.8) is 0 Å². The van der Waals surface area contributed by atoms with Crippen molar-refractivity contribution in [2.45, 2.75) is 26.3 Å². The predicted molar refractivity (Wildman–Crippen MR) is 84.3 cm³/mol. The lowest BCUT2D eigenvalue weighted by molar-refractivity contribution is 0.626. The van der Waals surface area contributed by atoms with Crippen LogP contribution < -0.4 is 5.32 Å². The minimum atomic E-state index is -0.246. The van der Waals surface area contributed by atoms with Gasteiger partial charge in [0.1, 0.15) is 5.82 Å². The molecule has 2 aromatic carbocycles. The Morgan fingerprint density at radius 1 is 1.15 bits per heavy atom. The topological polar surface area (TPSA) is 12.0 Å². The van der Waals surface area contributed by atoms with Crippen LogP contribution in [0.15, 0.2) is 36.4 Å². The molecule has 1 unspecified atom stereocenters. The van der Waals surface area contributed by atoms with Crippen molar-refractivity contribution in [3.05, 3.63) is 63.4 Å². The molecule has 0 aromatic heterocycles. The highest BCUT2D eigenvalue weighted by Gasteiger charge is 2.13. The molecule has 2 aromatic rings. The van der Waals surface area contributed by atoms with Gasteiger partial charge in [-0.1, -0.05) is 36.2 Å². The molecule has 0 saturated heterocycles. The summed E-state index contributed by atoms with van der Waals surface area (Å²) in [5.41, 5.74) is 2.59. The Bertz CT molecular complexity index is 593. The average molecular weight is 312 g/mol. The van der Waals surface area contributed by atoms with E-state index in [0.717, 1.165) is 23.2 Å². The molecule has 106 valence electrons. The van der Waals surface area contributed by atoms with Gasteiger partial charge in [0, 0.05) is 15.7 Å². The SMILES string of the molecule is CCC(Nc1cc(C)cc(F)c1)c1ccc(Cl)cc1Cl. The lowest BCUT2D eigenvalue weighted by Crippen LogP contribution is -2.10. The number of nitrogens with one attached hydrogen (secondary N) is 1. The van der Waals surface area contributed by atoms with Crippen LogP contribution in [0.25, 0.3) is 0 Å². The largest absolute Gasteiger partial charge is 0.378 e. The van der Waals surface area contributed by atoms with Gasteiger partial charge in [-0.2, -0.15) is 0 Å². The van der Waals surface area contributed by atoms with Gasteiger partial charge in [-0.25, -0.2) is 4.39 Å². The van der Waals surface area contributed by atoms with Gasteiger partial charge in [-0.3, -0.25) is 0 Å². The number of aryl methyl sites for hydroxylation is 1. The fourth-order valence-electron chi connectivity index (χ4n) is 2.20. The highest BCUT2D eigenvalue weighted by Crippen LogP contribution is 2.31. The van der Waals surface area contributed by atoms with Crippen molar-refractivity contribution in [1.82, 2.24) is 0 Å². The van der Waals surface area contributed by atoms with Gasteiger partial charge in [0.2, 0.25) is 0 Å². The van der Waals surface area contributed by atoms with Gasteiger partial charge in [0.15, 0.2) is 0 Å². The van der Waals surface area contributed by atoms with E-state index in [2.05, 4.69) is 12.2 Å². The summed E-state index contributed by atoms with van der Waals surface area (Å²) in [5, 5.41) is 4.54. The summed E-state index contributed by atoms with van der Waals surface area (Å²) in [7, 11) is 0. The molecular weight excluding hydrogens is 296 g/mol. The highest BCUT2D eigenvalue weighted by atomic mass is 35.5. The van der Waals surface area contributed by atoms with Crippen LogP contribution in [0.3, 0.4) is 0 Å². The Morgan fingerprint density at radius 2 is 1.90 bits per heavy atom. The molecule has 0 aliphatic heterocycles. The van der Waals surface area contributed by atoms with Crippen molar-refractivity contribution in [2.24, 2.45) is 0 Å². The van der Waals surface area contributed by atoms with Crippen LogP contribution in [-0.2, 0) is 0 Å². The number of hydrogen-bond donors (Lipinski definition) is 1. The maximum atomic E-state index is 13.4. The molecule has 1 atom stereocenters. The Kier molecular flexibility index (Phi) is 4.90. The quantitative estimate of drug-likeness (QED) is 0.729. The van der Waals surface area contributed by atoms with E-state index < -0.39 is 0 Å². The van der Waals surface area contributed by atoms with E-state index in [1.54, 1.807) is 6.07 Å². The lowest BCUT2D eigenvalue weighted by atomic mass is 10.0. The molecule has 0 aliphatic rings. The third-order valence-corrected chi connectivity index (χ3v) is 3.69. The van der Waals surface area contributed by atoms with E-state index >= 15 is 0 Å². The molecule has 2 rings (SSSR count). The van der Waals surface area contributed by atoms with Gasteiger partial charge >= 0.3 is 0 Å². The maximum Gasteiger partial charge on any atom is 0.125 e. The molecule has 0 spiro atoms. The Morgan fingerprint density at radius 3 is 2.50 bits per heavy atom. The first-order chi connectivity index (χ1) is 9.49. The van der Waals surface area contributed by atoms with Crippen LogP contribution in [-0.4, -0.2) is 0 Å². The normalized spacial score (nSPS) is 12.2. The van der Waals surface area contributed by atoms with Gasteiger partial charge in [-0.05, 0) is 54.8 Å². The number of halogens is 3. The van der Waals surface area contributed by atoms with E-state index in [9.17, 15) is 4.39 Å². The first-order valence-corrected chi connectivity index (χ1v) is 7.24. The van der Waals surface area contributed by atoms with Crippen molar-refractivity contribution >= 4 is 28.9 Å². The second kappa shape index (κ2) is 6.47. The smallest absolute Gasteiger partial charge is 0.125 e. The minimum Gasteiger partial charge on any atom is -0.378 e. The maximum absolute atomic E-state index is 13.4. The summed E-state index contributed by atoms with van der Waals surface area (Å²) in [6.07, 6.45) is 0.830. The molecule has 0 saturated carbocycles. The van der Waals surface area contributed by atoms with Crippen LogP contribution in [0.5, 0.6) is 0 Å². The van der Waals surface area contributed by atoms with Crippen LogP contribution >= 0.6 is 23.2 Å². The van der Waals surface area contributed by atoms with Crippen molar-refractivity contribution < 1.29 is 4.39 Å². The zero-order chi connectivity index (χ0) is 14.7. The standard InChI is InChI=1S/C16H16Cl2FN/c1-3-16(14-5-4-11(17)8-15(14)18)20-13-7-10(2)6-12(19)9-13/h4-9,16,20H,3H2,1-2H3. The van der Waals surface area contributed by atoms with Gasteiger partial charge < -0.3 is 5.32 Å². The minimum absolute atomic E-state index is 0.0148.